The lowest BCUT2D eigenvalue weighted by Gasteiger charge is -2.13. The quantitative estimate of drug-likeness (QED) is 0.880. The second kappa shape index (κ2) is 7.61. The number of para-hydroxylation sites is 1. The maximum absolute atomic E-state index is 12.3. The number of ether oxygens (including phenoxy) is 2. The first kappa shape index (κ1) is 16.0. The third kappa shape index (κ3) is 4.33. The third-order valence-electron chi connectivity index (χ3n) is 3.15. The van der Waals surface area contributed by atoms with Gasteiger partial charge >= 0.3 is 0 Å². The molecule has 0 saturated carbocycles. The molecule has 0 radical (unpaired) electrons. The lowest BCUT2D eigenvalue weighted by molar-refractivity contribution is 0.0644. The number of hydrogen-bond acceptors (Lipinski definition) is 3. The monoisotopic (exact) mass is 299 g/mol. The summed E-state index contributed by atoms with van der Waals surface area (Å²) in [7, 11) is 1.61. The topological polar surface area (TPSA) is 47.6 Å². The van der Waals surface area contributed by atoms with Gasteiger partial charge in [-0.25, -0.2) is 0 Å². The first-order chi connectivity index (χ1) is 10.6. The Morgan fingerprint density at radius 2 is 1.86 bits per heavy atom. The highest BCUT2D eigenvalue weighted by Gasteiger charge is 2.11. The van der Waals surface area contributed by atoms with Crippen LogP contribution in [0.3, 0.4) is 0 Å². The molecule has 2 aromatic carbocycles. The Labute approximate surface area is 131 Å². The minimum atomic E-state index is -0.153. The summed E-state index contributed by atoms with van der Waals surface area (Å²) >= 11 is 0. The molecule has 1 amide bonds. The van der Waals surface area contributed by atoms with Crippen LogP contribution in [0.25, 0.3) is 0 Å². The average Bonchev–Trinajstić information content (AvgIpc) is 2.53. The van der Waals surface area contributed by atoms with Gasteiger partial charge in [-0.05, 0) is 44.2 Å². The minimum Gasteiger partial charge on any atom is -0.496 e. The van der Waals surface area contributed by atoms with Crippen LogP contribution in [0, 0.1) is 0 Å². The molecule has 0 atom stereocenters. The van der Waals surface area contributed by atoms with Gasteiger partial charge in [-0.15, -0.1) is 0 Å². The van der Waals surface area contributed by atoms with Crippen molar-refractivity contribution in [1.82, 2.24) is 0 Å². The van der Waals surface area contributed by atoms with E-state index in [-0.39, 0.29) is 12.0 Å². The number of anilines is 1. The maximum atomic E-state index is 12.3. The maximum Gasteiger partial charge on any atom is 0.255 e. The molecule has 22 heavy (non-hydrogen) atoms. The van der Waals surface area contributed by atoms with Gasteiger partial charge in [-0.2, -0.15) is 0 Å². The van der Waals surface area contributed by atoms with E-state index in [2.05, 4.69) is 5.32 Å². The Morgan fingerprint density at radius 3 is 2.50 bits per heavy atom. The summed E-state index contributed by atoms with van der Waals surface area (Å²) in [6.45, 7) is 4.35. The molecular formula is C18H21NO3. The van der Waals surface area contributed by atoms with Crippen molar-refractivity contribution in [3.8, 4) is 5.75 Å². The van der Waals surface area contributed by atoms with E-state index in [0.717, 1.165) is 17.0 Å². The highest BCUT2D eigenvalue weighted by Crippen LogP contribution is 2.22. The summed E-state index contributed by atoms with van der Waals surface area (Å²) < 4.78 is 10.9. The van der Waals surface area contributed by atoms with E-state index in [9.17, 15) is 4.79 Å². The van der Waals surface area contributed by atoms with Gasteiger partial charge in [0.1, 0.15) is 5.75 Å². The fourth-order valence-corrected chi connectivity index (χ4v) is 2.01. The minimum absolute atomic E-state index is 0.117. The third-order valence-corrected chi connectivity index (χ3v) is 3.15. The summed E-state index contributed by atoms with van der Waals surface area (Å²) in [4.78, 5) is 12.3. The fourth-order valence-electron chi connectivity index (χ4n) is 2.01. The van der Waals surface area contributed by atoms with Crippen molar-refractivity contribution >= 4 is 11.6 Å². The highest BCUT2D eigenvalue weighted by molar-refractivity contribution is 6.04. The number of carbonyl (C=O) groups excluding carboxylic acids is 1. The molecule has 2 aromatic rings. The van der Waals surface area contributed by atoms with Gasteiger partial charge in [-0.1, -0.05) is 18.2 Å². The highest BCUT2D eigenvalue weighted by atomic mass is 16.5. The Balaban J connectivity index is 2.16. The Morgan fingerprint density at radius 1 is 1.14 bits per heavy atom. The first-order valence-corrected chi connectivity index (χ1v) is 7.25. The van der Waals surface area contributed by atoms with Gasteiger partial charge in [-0.3, -0.25) is 4.79 Å². The van der Waals surface area contributed by atoms with Gasteiger partial charge in [0.2, 0.25) is 0 Å². The smallest absolute Gasteiger partial charge is 0.255 e. The summed E-state index contributed by atoms with van der Waals surface area (Å²) in [5.74, 6) is 0.566. The SMILES string of the molecule is COc1ccc(C(=O)Nc2ccccc2)cc1COC(C)C. The fraction of sp³-hybridized carbons (Fsp3) is 0.278. The van der Waals surface area contributed by atoms with E-state index >= 15 is 0 Å². The Bertz CT molecular complexity index is 623. The van der Waals surface area contributed by atoms with Crippen LogP contribution in [0.15, 0.2) is 48.5 Å². The molecule has 0 fully saturated rings. The van der Waals surface area contributed by atoms with E-state index < -0.39 is 0 Å². The number of hydrogen-bond donors (Lipinski definition) is 1. The van der Waals surface area contributed by atoms with Crippen molar-refractivity contribution in [2.75, 3.05) is 12.4 Å². The zero-order valence-corrected chi connectivity index (χ0v) is 13.1. The zero-order chi connectivity index (χ0) is 15.9. The van der Waals surface area contributed by atoms with E-state index in [0.29, 0.717) is 12.2 Å². The molecule has 0 unspecified atom stereocenters. The molecule has 116 valence electrons. The predicted molar refractivity (Wildman–Crippen MR) is 87.3 cm³/mol. The van der Waals surface area contributed by atoms with E-state index in [1.807, 2.05) is 44.2 Å². The number of rotatable bonds is 6. The van der Waals surface area contributed by atoms with Crippen LogP contribution in [0.1, 0.15) is 29.8 Å². The van der Waals surface area contributed by atoms with Crippen molar-refractivity contribution < 1.29 is 14.3 Å². The molecule has 0 bridgehead atoms. The molecule has 0 aromatic heterocycles. The van der Waals surface area contributed by atoms with Crippen molar-refractivity contribution in [3.63, 3.8) is 0 Å². The van der Waals surface area contributed by atoms with E-state index in [1.165, 1.54) is 0 Å². The van der Waals surface area contributed by atoms with E-state index in [1.54, 1.807) is 25.3 Å². The van der Waals surface area contributed by atoms with Gasteiger partial charge < -0.3 is 14.8 Å². The predicted octanol–water partition coefficient (Wildman–Crippen LogP) is 3.87. The number of amides is 1. The molecule has 0 aliphatic rings. The zero-order valence-electron chi connectivity index (χ0n) is 13.1. The number of carbonyl (C=O) groups is 1. The standard InChI is InChI=1S/C18H21NO3/c1-13(2)22-12-15-11-14(9-10-17(15)21-3)18(20)19-16-7-5-4-6-8-16/h4-11,13H,12H2,1-3H3,(H,19,20). The summed E-state index contributed by atoms with van der Waals surface area (Å²) in [6, 6.07) is 14.7. The van der Waals surface area contributed by atoms with Crippen LogP contribution >= 0.6 is 0 Å². The van der Waals surface area contributed by atoms with Crippen LogP contribution in [-0.4, -0.2) is 19.1 Å². The van der Waals surface area contributed by atoms with Crippen molar-refractivity contribution in [2.24, 2.45) is 0 Å². The molecule has 0 aliphatic carbocycles. The van der Waals surface area contributed by atoms with Crippen molar-refractivity contribution in [1.29, 1.82) is 0 Å². The van der Waals surface area contributed by atoms with Crippen LogP contribution < -0.4 is 10.1 Å². The molecule has 1 N–H and O–H groups in total. The molecule has 0 heterocycles. The van der Waals surface area contributed by atoms with Gasteiger partial charge in [0.25, 0.3) is 5.91 Å². The first-order valence-electron chi connectivity index (χ1n) is 7.25. The lowest BCUT2D eigenvalue weighted by Crippen LogP contribution is -2.13. The normalized spacial score (nSPS) is 10.5. The molecular weight excluding hydrogens is 278 g/mol. The Hall–Kier alpha value is -2.33. The Kier molecular flexibility index (Phi) is 5.55. The van der Waals surface area contributed by atoms with Gasteiger partial charge in [0, 0.05) is 16.8 Å². The van der Waals surface area contributed by atoms with Crippen LogP contribution in [-0.2, 0) is 11.3 Å². The molecule has 0 saturated heterocycles. The van der Waals surface area contributed by atoms with E-state index in [4.69, 9.17) is 9.47 Å². The largest absolute Gasteiger partial charge is 0.496 e. The lowest BCUT2D eigenvalue weighted by atomic mass is 10.1. The van der Waals surface area contributed by atoms with Gasteiger partial charge in [0.05, 0.1) is 19.8 Å². The summed E-state index contributed by atoms with van der Waals surface area (Å²) in [5, 5.41) is 2.87. The van der Waals surface area contributed by atoms with Crippen LogP contribution in [0.5, 0.6) is 5.75 Å². The van der Waals surface area contributed by atoms with Crippen LogP contribution in [0.4, 0.5) is 5.69 Å². The van der Waals surface area contributed by atoms with Crippen molar-refractivity contribution in [3.05, 3.63) is 59.7 Å². The molecule has 2 rings (SSSR count). The number of nitrogens with one attached hydrogen (secondary N) is 1. The second-order valence-corrected chi connectivity index (χ2v) is 5.21. The molecule has 0 spiro atoms. The summed E-state index contributed by atoms with van der Waals surface area (Å²) in [5.41, 5.74) is 2.20. The molecule has 4 nitrogen and oxygen atoms in total. The number of benzene rings is 2. The molecule has 4 heteroatoms. The number of methoxy groups -OCH3 is 1. The second-order valence-electron chi connectivity index (χ2n) is 5.21. The summed E-state index contributed by atoms with van der Waals surface area (Å²) in [6.07, 6.45) is 0.117. The van der Waals surface area contributed by atoms with Gasteiger partial charge in [0.15, 0.2) is 0 Å². The molecule has 0 aliphatic heterocycles. The van der Waals surface area contributed by atoms with Crippen molar-refractivity contribution in [2.45, 2.75) is 26.6 Å². The van der Waals surface area contributed by atoms with Crippen LogP contribution in [0.2, 0.25) is 0 Å². The average molecular weight is 299 g/mol.